The smallest absolute Gasteiger partial charge is 0.189 e. The molecule has 4 nitrogen and oxygen atoms in total. The van der Waals surface area contributed by atoms with Crippen molar-refractivity contribution in [2.75, 3.05) is 38.1 Å². The van der Waals surface area contributed by atoms with Gasteiger partial charge < -0.3 is 9.80 Å². The summed E-state index contributed by atoms with van der Waals surface area (Å²) in [5.41, 5.74) is 3.11. The summed E-state index contributed by atoms with van der Waals surface area (Å²) in [7, 11) is 2.13. The van der Waals surface area contributed by atoms with Crippen molar-refractivity contribution >= 4 is 17.7 Å². The van der Waals surface area contributed by atoms with Crippen LogP contribution in [0, 0.1) is 5.82 Å². The van der Waals surface area contributed by atoms with E-state index in [2.05, 4.69) is 21.8 Å². The average Bonchev–Trinajstić information content (AvgIpc) is 2.65. The maximum atomic E-state index is 13.3. The summed E-state index contributed by atoms with van der Waals surface area (Å²) >= 11 is 0. The van der Waals surface area contributed by atoms with Gasteiger partial charge in [-0.15, -0.1) is 0 Å². The molecule has 2 heterocycles. The number of likely N-dealkylation sites (N-methyl/N-ethyl adjacent to an activating group) is 1. The number of allylic oxidation sites excluding steroid dienone is 1. The molecule has 2 aromatic rings. The zero-order valence-electron chi connectivity index (χ0n) is 14.9. The number of pyridine rings is 1. The molecule has 1 aromatic heterocycles. The van der Waals surface area contributed by atoms with Gasteiger partial charge in [0.25, 0.3) is 0 Å². The molecule has 0 saturated carbocycles. The third-order valence-corrected chi connectivity index (χ3v) is 5.21. The molecule has 0 N–H and O–H groups in total. The monoisotopic (exact) mass is 351 g/mol. The van der Waals surface area contributed by atoms with Crippen molar-refractivity contribution in [3.8, 4) is 0 Å². The van der Waals surface area contributed by atoms with Crippen molar-refractivity contribution < 1.29 is 9.18 Å². The van der Waals surface area contributed by atoms with Crippen LogP contribution in [0.15, 0.2) is 42.1 Å². The molecule has 4 rings (SSSR count). The van der Waals surface area contributed by atoms with Crippen molar-refractivity contribution in [3.05, 3.63) is 64.6 Å². The summed E-state index contributed by atoms with van der Waals surface area (Å²) in [5, 5.41) is 0. The Labute approximate surface area is 153 Å². The molecule has 0 unspecified atom stereocenters. The number of carbonyl (C=O) groups excluding carboxylic acids is 1. The van der Waals surface area contributed by atoms with E-state index in [1.165, 1.54) is 12.1 Å². The molecule has 1 aliphatic carbocycles. The van der Waals surface area contributed by atoms with Gasteiger partial charge in [-0.3, -0.25) is 4.79 Å². The highest BCUT2D eigenvalue weighted by atomic mass is 19.1. The summed E-state index contributed by atoms with van der Waals surface area (Å²) in [6.07, 6.45) is 5.07. The molecule has 1 saturated heterocycles. The number of rotatable bonds is 2. The molecule has 1 fully saturated rings. The number of hydrogen-bond donors (Lipinski definition) is 0. The first kappa shape index (κ1) is 16.9. The summed E-state index contributed by atoms with van der Waals surface area (Å²) in [4.78, 5) is 21.8. The largest absolute Gasteiger partial charge is 0.354 e. The molecule has 134 valence electrons. The zero-order valence-corrected chi connectivity index (χ0v) is 14.9. The molecule has 1 aromatic carbocycles. The topological polar surface area (TPSA) is 36.4 Å². The lowest BCUT2D eigenvalue weighted by molar-refractivity contribution is 0.102. The van der Waals surface area contributed by atoms with Gasteiger partial charge in [-0.05, 0) is 67.4 Å². The van der Waals surface area contributed by atoms with E-state index in [1.807, 2.05) is 24.4 Å². The number of Topliss-reactive ketones (excluding diaryl/α,β-unsaturated/α-hetero) is 1. The quantitative estimate of drug-likeness (QED) is 0.779. The predicted molar refractivity (Wildman–Crippen MR) is 101 cm³/mol. The van der Waals surface area contributed by atoms with Crippen molar-refractivity contribution in [1.29, 1.82) is 0 Å². The molecule has 0 bridgehead atoms. The molecule has 1 aliphatic heterocycles. The molecule has 0 radical (unpaired) electrons. The molecule has 0 atom stereocenters. The first-order valence-electron chi connectivity index (χ1n) is 9.03. The first-order valence-corrected chi connectivity index (χ1v) is 9.03. The lowest BCUT2D eigenvalue weighted by Gasteiger charge is -2.33. The van der Waals surface area contributed by atoms with Crippen LogP contribution in [0.2, 0.25) is 0 Å². The van der Waals surface area contributed by atoms with Crippen LogP contribution in [-0.4, -0.2) is 48.9 Å². The number of halogens is 1. The van der Waals surface area contributed by atoms with E-state index in [1.54, 1.807) is 6.07 Å². The van der Waals surface area contributed by atoms with Gasteiger partial charge in [0.1, 0.15) is 11.6 Å². The van der Waals surface area contributed by atoms with E-state index in [-0.39, 0.29) is 11.6 Å². The molecule has 0 amide bonds. The minimum Gasteiger partial charge on any atom is -0.354 e. The number of carbonyl (C=O) groups is 1. The second kappa shape index (κ2) is 7.00. The fourth-order valence-electron chi connectivity index (χ4n) is 3.59. The van der Waals surface area contributed by atoms with E-state index < -0.39 is 0 Å². The Hall–Kier alpha value is -2.53. The Bertz CT molecular complexity index is 852. The van der Waals surface area contributed by atoms with Crippen LogP contribution in [-0.2, 0) is 6.42 Å². The Morgan fingerprint density at radius 2 is 1.88 bits per heavy atom. The van der Waals surface area contributed by atoms with Gasteiger partial charge in [-0.2, -0.15) is 0 Å². The van der Waals surface area contributed by atoms with Crippen molar-refractivity contribution in [3.63, 3.8) is 0 Å². The molecule has 5 heteroatoms. The highest BCUT2D eigenvalue weighted by Gasteiger charge is 2.22. The van der Waals surface area contributed by atoms with Gasteiger partial charge in [0.05, 0.1) is 0 Å². The first-order chi connectivity index (χ1) is 12.6. The van der Waals surface area contributed by atoms with Crippen LogP contribution in [0.1, 0.15) is 27.9 Å². The lowest BCUT2D eigenvalue weighted by atomic mass is 9.86. The SMILES string of the molecule is CN1CCN(c2ccc(/C=C3\CCc4cc(F)ccc4C3=O)cn2)CC1. The minimum atomic E-state index is -0.285. The standard InChI is InChI=1S/C21H22FN3O/c1-24-8-10-25(11-9-24)20-7-2-15(14-23-20)12-17-4-3-16-13-18(22)5-6-19(16)21(17)26/h2,5-7,12-14H,3-4,8-11H2,1H3/b17-12+. The highest BCUT2D eigenvalue weighted by Crippen LogP contribution is 2.27. The van der Waals surface area contributed by atoms with Crippen LogP contribution in [0.4, 0.5) is 10.2 Å². The average molecular weight is 351 g/mol. The van der Waals surface area contributed by atoms with Gasteiger partial charge in [-0.1, -0.05) is 0 Å². The Morgan fingerprint density at radius 1 is 1.08 bits per heavy atom. The van der Waals surface area contributed by atoms with Gasteiger partial charge >= 0.3 is 0 Å². The van der Waals surface area contributed by atoms with E-state index in [0.717, 1.165) is 48.7 Å². The number of benzene rings is 1. The number of anilines is 1. The summed E-state index contributed by atoms with van der Waals surface area (Å²) < 4.78 is 13.3. The van der Waals surface area contributed by atoms with E-state index in [4.69, 9.17) is 0 Å². The summed E-state index contributed by atoms with van der Waals surface area (Å²) in [6.45, 7) is 4.05. The van der Waals surface area contributed by atoms with E-state index in [0.29, 0.717) is 18.4 Å². The number of ketones is 1. The van der Waals surface area contributed by atoms with Gasteiger partial charge in [-0.25, -0.2) is 9.37 Å². The van der Waals surface area contributed by atoms with E-state index >= 15 is 0 Å². The van der Waals surface area contributed by atoms with Crippen molar-refractivity contribution in [1.82, 2.24) is 9.88 Å². The minimum absolute atomic E-state index is 0.00519. The van der Waals surface area contributed by atoms with Crippen molar-refractivity contribution in [2.45, 2.75) is 12.8 Å². The number of fused-ring (bicyclic) bond motifs is 1. The summed E-state index contributed by atoms with van der Waals surface area (Å²) in [6, 6.07) is 8.45. The van der Waals surface area contributed by atoms with Crippen LogP contribution in [0.5, 0.6) is 0 Å². The Kier molecular flexibility index (Phi) is 4.55. The maximum Gasteiger partial charge on any atom is 0.189 e. The Balaban J connectivity index is 1.52. The third kappa shape index (κ3) is 3.40. The maximum absolute atomic E-state index is 13.3. The molecule has 0 spiro atoms. The van der Waals surface area contributed by atoms with Crippen LogP contribution < -0.4 is 4.90 Å². The van der Waals surface area contributed by atoms with Crippen LogP contribution >= 0.6 is 0 Å². The van der Waals surface area contributed by atoms with Gasteiger partial charge in [0.2, 0.25) is 0 Å². The van der Waals surface area contributed by atoms with Crippen LogP contribution in [0.25, 0.3) is 6.08 Å². The normalized spacial score (nSPS) is 19.7. The number of aromatic nitrogens is 1. The third-order valence-electron chi connectivity index (χ3n) is 5.21. The molecule has 2 aliphatic rings. The number of nitrogens with zero attached hydrogens (tertiary/aromatic N) is 3. The molecular formula is C21H22FN3O. The Morgan fingerprint density at radius 3 is 2.62 bits per heavy atom. The van der Waals surface area contributed by atoms with Gasteiger partial charge in [0, 0.05) is 43.5 Å². The fourth-order valence-corrected chi connectivity index (χ4v) is 3.59. The van der Waals surface area contributed by atoms with E-state index in [9.17, 15) is 9.18 Å². The fraction of sp³-hybridized carbons (Fsp3) is 0.333. The second-order valence-electron chi connectivity index (χ2n) is 7.04. The number of aryl methyl sites for hydroxylation is 1. The molecule has 26 heavy (non-hydrogen) atoms. The van der Waals surface area contributed by atoms with Crippen LogP contribution in [0.3, 0.4) is 0 Å². The second-order valence-corrected chi connectivity index (χ2v) is 7.04. The predicted octanol–water partition coefficient (Wildman–Crippen LogP) is 3.19. The summed E-state index contributed by atoms with van der Waals surface area (Å²) in [5.74, 6) is 0.693. The van der Waals surface area contributed by atoms with Crippen molar-refractivity contribution in [2.24, 2.45) is 0 Å². The number of hydrogen-bond acceptors (Lipinski definition) is 4. The lowest BCUT2D eigenvalue weighted by Crippen LogP contribution is -2.44. The number of piperazine rings is 1. The molecular weight excluding hydrogens is 329 g/mol. The van der Waals surface area contributed by atoms with Gasteiger partial charge in [0.15, 0.2) is 5.78 Å². The highest BCUT2D eigenvalue weighted by molar-refractivity contribution is 6.13. The zero-order chi connectivity index (χ0) is 18.1.